The summed E-state index contributed by atoms with van der Waals surface area (Å²) in [6.07, 6.45) is 3.63. The van der Waals surface area contributed by atoms with Gasteiger partial charge in [0, 0.05) is 0 Å². The van der Waals surface area contributed by atoms with Gasteiger partial charge < -0.3 is 0 Å². The third-order valence-electron chi connectivity index (χ3n) is 3.24. The number of rotatable bonds is 0. The lowest BCUT2D eigenvalue weighted by molar-refractivity contribution is 0.452. The lowest BCUT2D eigenvalue weighted by atomic mass is 9.75. The van der Waals surface area contributed by atoms with Crippen LogP contribution in [0.1, 0.15) is 48.0 Å². The van der Waals surface area contributed by atoms with Crippen molar-refractivity contribution >= 4 is 0 Å². The van der Waals surface area contributed by atoms with E-state index in [4.69, 9.17) is 0 Å². The fourth-order valence-electron chi connectivity index (χ4n) is 1.83. The molecule has 0 aromatic rings. The van der Waals surface area contributed by atoms with Crippen LogP contribution in [0, 0.1) is 11.3 Å². The van der Waals surface area contributed by atoms with E-state index >= 15 is 0 Å². The molecule has 1 aliphatic rings. The van der Waals surface area contributed by atoms with Crippen LogP contribution in [0.25, 0.3) is 0 Å². The molecule has 0 heterocycles. The molecule has 1 atom stereocenters. The molecular formula is C13H22. The van der Waals surface area contributed by atoms with Crippen LogP contribution in [-0.4, -0.2) is 0 Å². The second-order valence-corrected chi connectivity index (χ2v) is 5.39. The summed E-state index contributed by atoms with van der Waals surface area (Å²) >= 11 is 0. The van der Waals surface area contributed by atoms with Crippen LogP contribution in [0.3, 0.4) is 0 Å². The summed E-state index contributed by atoms with van der Waals surface area (Å²) < 4.78 is 0. The molecule has 0 saturated carbocycles. The Bertz CT molecular complexity index is 258. The maximum absolute atomic E-state index is 2.38. The molecule has 0 aromatic heterocycles. The molecule has 0 saturated heterocycles. The van der Waals surface area contributed by atoms with Gasteiger partial charge in [0.25, 0.3) is 0 Å². The maximum Gasteiger partial charge on any atom is -0.0170 e. The highest BCUT2D eigenvalue weighted by Crippen LogP contribution is 2.37. The van der Waals surface area contributed by atoms with E-state index in [2.05, 4.69) is 47.6 Å². The fourth-order valence-corrected chi connectivity index (χ4v) is 1.83. The Morgan fingerprint density at radius 3 is 2.15 bits per heavy atom. The molecular weight excluding hydrogens is 156 g/mol. The van der Waals surface area contributed by atoms with Crippen LogP contribution in [0.15, 0.2) is 22.8 Å². The van der Waals surface area contributed by atoms with Gasteiger partial charge in [-0.2, -0.15) is 0 Å². The molecule has 0 amide bonds. The first-order valence-corrected chi connectivity index (χ1v) is 5.21. The number of allylic oxidation sites excluding steroid dienone is 4. The third kappa shape index (κ3) is 2.24. The van der Waals surface area contributed by atoms with Gasteiger partial charge in [-0.1, -0.05) is 50.5 Å². The minimum absolute atomic E-state index is 0.343. The summed E-state index contributed by atoms with van der Waals surface area (Å²) in [6, 6.07) is 0. The second-order valence-electron chi connectivity index (χ2n) is 5.39. The Kier molecular flexibility index (Phi) is 2.70. The molecule has 0 spiro atoms. The number of hydrogen-bond acceptors (Lipinski definition) is 0. The van der Waals surface area contributed by atoms with Crippen molar-refractivity contribution in [1.82, 2.24) is 0 Å². The smallest absolute Gasteiger partial charge is 0.0170 e. The van der Waals surface area contributed by atoms with Crippen molar-refractivity contribution in [2.24, 2.45) is 11.3 Å². The Labute approximate surface area is 82.7 Å². The van der Waals surface area contributed by atoms with E-state index in [1.807, 2.05) is 0 Å². The molecule has 1 aliphatic carbocycles. The first kappa shape index (κ1) is 10.6. The van der Waals surface area contributed by atoms with Crippen LogP contribution in [0.4, 0.5) is 0 Å². The lowest BCUT2D eigenvalue weighted by Crippen LogP contribution is -2.16. The Morgan fingerprint density at radius 2 is 1.77 bits per heavy atom. The van der Waals surface area contributed by atoms with Crippen LogP contribution in [0.5, 0.6) is 0 Å². The Hall–Kier alpha value is -0.520. The van der Waals surface area contributed by atoms with Crippen molar-refractivity contribution in [3.05, 3.63) is 22.8 Å². The van der Waals surface area contributed by atoms with Crippen LogP contribution in [0.2, 0.25) is 0 Å². The SMILES string of the molecule is CC1=C(C)C(C)CC(C(C)(C)C)=C1. The second kappa shape index (κ2) is 3.32. The van der Waals surface area contributed by atoms with Gasteiger partial charge in [-0.3, -0.25) is 0 Å². The van der Waals surface area contributed by atoms with E-state index in [1.165, 1.54) is 12.0 Å². The molecule has 0 radical (unpaired) electrons. The molecule has 0 aliphatic heterocycles. The molecule has 13 heavy (non-hydrogen) atoms. The summed E-state index contributed by atoms with van der Waals surface area (Å²) in [4.78, 5) is 0. The van der Waals surface area contributed by atoms with E-state index < -0.39 is 0 Å². The summed E-state index contributed by atoms with van der Waals surface area (Å²) in [5, 5.41) is 0. The fraction of sp³-hybridized carbons (Fsp3) is 0.692. The Morgan fingerprint density at radius 1 is 1.23 bits per heavy atom. The highest BCUT2D eigenvalue weighted by molar-refractivity contribution is 5.34. The van der Waals surface area contributed by atoms with E-state index in [-0.39, 0.29) is 0 Å². The van der Waals surface area contributed by atoms with Crippen molar-refractivity contribution in [2.45, 2.75) is 48.0 Å². The van der Waals surface area contributed by atoms with Gasteiger partial charge in [0.1, 0.15) is 0 Å². The predicted molar refractivity (Wildman–Crippen MR) is 59.7 cm³/mol. The zero-order valence-electron chi connectivity index (χ0n) is 9.86. The van der Waals surface area contributed by atoms with Gasteiger partial charge in [0.05, 0.1) is 0 Å². The van der Waals surface area contributed by atoms with Crippen LogP contribution < -0.4 is 0 Å². The van der Waals surface area contributed by atoms with Gasteiger partial charge >= 0.3 is 0 Å². The monoisotopic (exact) mass is 178 g/mol. The van der Waals surface area contributed by atoms with Crippen LogP contribution >= 0.6 is 0 Å². The third-order valence-corrected chi connectivity index (χ3v) is 3.24. The summed E-state index contributed by atoms with van der Waals surface area (Å²) in [6.45, 7) is 13.7. The average Bonchev–Trinajstić information content (AvgIpc) is 1.97. The summed E-state index contributed by atoms with van der Waals surface area (Å²) in [7, 11) is 0. The van der Waals surface area contributed by atoms with Crippen molar-refractivity contribution in [2.75, 3.05) is 0 Å². The first-order valence-electron chi connectivity index (χ1n) is 5.21. The molecule has 0 aromatic carbocycles. The highest BCUT2D eigenvalue weighted by Gasteiger charge is 2.23. The van der Waals surface area contributed by atoms with Crippen molar-refractivity contribution in [3.63, 3.8) is 0 Å². The molecule has 0 nitrogen and oxygen atoms in total. The van der Waals surface area contributed by atoms with Gasteiger partial charge in [-0.05, 0) is 31.6 Å². The zero-order chi connectivity index (χ0) is 10.2. The molecule has 1 unspecified atom stereocenters. The lowest BCUT2D eigenvalue weighted by Gasteiger charge is -2.30. The first-order chi connectivity index (χ1) is 5.82. The highest BCUT2D eigenvalue weighted by atomic mass is 14.3. The molecule has 74 valence electrons. The molecule has 0 heteroatoms. The normalized spacial score (nSPS) is 24.8. The average molecular weight is 178 g/mol. The summed E-state index contributed by atoms with van der Waals surface area (Å²) in [5.41, 5.74) is 4.98. The van der Waals surface area contributed by atoms with E-state index in [9.17, 15) is 0 Å². The van der Waals surface area contributed by atoms with Crippen molar-refractivity contribution in [1.29, 1.82) is 0 Å². The number of hydrogen-bond donors (Lipinski definition) is 0. The van der Waals surface area contributed by atoms with Gasteiger partial charge in [0.15, 0.2) is 0 Å². The Balaban J connectivity index is 3.00. The van der Waals surface area contributed by atoms with E-state index in [0.717, 1.165) is 5.92 Å². The minimum atomic E-state index is 0.343. The standard InChI is InChI=1S/C13H22/c1-9-7-12(13(4,5)6)8-10(2)11(9)3/h7,10H,8H2,1-6H3. The molecule has 0 N–H and O–H groups in total. The van der Waals surface area contributed by atoms with Crippen molar-refractivity contribution < 1.29 is 0 Å². The van der Waals surface area contributed by atoms with Crippen molar-refractivity contribution in [3.8, 4) is 0 Å². The van der Waals surface area contributed by atoms with Gasteiger partial charge in [-0.15, -0.1) is 0 Å². The topological polar surface area (TPSA) is 0 Å². The van der Waals surface area contributed by atoms with Gasteiger partial charge in [-0.25, -0.2) is 0 Å². The minimum Gasteiger partial charge on any atom is -0.0673 e. The molecule has 0 fully saturated rings. The van der Waals surface area contributed by atoms with Crippen LogP contribution in [-0.2, 0) is 0 Å². The molecule has 0 bridgehead atoms. The zero-order valence-corrected chi connectivity index (χ0v) is 9.86. The quantitative estimate of drug-likeness (QED) is 0.518. The van der Waals surface area contributed by atoms with E-state index in [0.29, 0.717) is 5.41 Å². The predicted octanol–water partition coefficient (Wildman–Crippen LogP) is 4.34. The van der Waals surface area contributed by atoms with Gasteiger partial charge in [0.2, 0.25) is 0 Å². The van der Waals surface area contributed by atoms with E-state index in [1.54, 1.807) is 11.1 Å². The molecule has 1 rings (SSSR count). The summed E-state index contributed by atoms with van der Waals surface area (Å²) in [5.74, 6) is 0.735. The maximum atomic E-state index is 2.38. The largest absolute Gasteiger partial charge is 0.0673 e.